The summed E-state index contributed by atoms with van der Waals surface area (Å²) >= 11 is 5.88. The van der Waals surface area contributed by atoms with Crippen LogP contribution in [0.15, 0.2) is 24.3 Å². The molecule has 0 aliphatic carbocycles. The molecule has 5 nitrogen and oxygen atoms in total. The van der Waals surface area contributed by atoms with Crippen molar-refractivity contribution < 1.29 is 14.3 Å². The lowest BCUT2D eigenvalue weighted by Gasteiger charge is -2.26. The molecular formula is C20H29ClN2O3. The lowest BCUT2D eigenvalue weighted by atomic mass is 10.1. The highest BCUT2D eigenvalue weighted by atomic mass is 35.5. The van der Waals surface area contributed by atoms with Gasteiger partial charge in [-0.2, -0.15) is 0 Å². The standard InChI is InChI=1S/C20H29ClN2O3/c1-20(2,3)26-19(25)23-13-5-12-22(14-15-23)18(24)7-4-6-16-8-10-17(21)11-9-16/h8-11H,4-7,12-15H2,1-3H3. The Morgan fingerprint density at radius 1 is 1.04 bits per heavy atom. The zero-order valence-electron chi connectivity index (χ0n) is 16.0. The summed E-state index contributed by atoms with van der Waals surface area (Å²) in [6.07, 6.45) is 2.68. The summed E-state index contributed by atoms with van der Waals surface area (Å²) in [5.74, 6) is 0.157. The number of nitrogens with zero attached hydrogens (tertiary/aromatic N) is 2. The summed E-state index contributed by atoms with van der Waals surface area (Å²) in [6, 6.07) is 7.74. The van der Waals surface area contributed by atoms with E-state index in [2.05, 4.69) is 0 Å². The normalized spacial score (nSPS) is 15.5. The number of carbonyl (C=O) groups excluding carboxylic acids is 2. The minimum atomic E-state index is -0.499. The third-order valence-electron chi connectivity index (χ3n) is 4.27. The Hall–Kier alpha value is -1.75. The maximum atomic E-state index is 12.5. The van der Waals surface area contributed by atoms with Crippen LogP contribution in [0.1, 0.15) is 45.6 Å². The highest BCUT2D eigenvalue weighted by Gasteiger charge is 2.25. The Bertz CT molecular complexity index is 610. The predicted molar refractivity (Wildman–Crippen MR) is 103 cm³/mol. The van der Waals surface area contributed by atoms with Crippen LogP contribution in [-0.2, 0) is 16.0 Å². The van der Waals surface area contributed by atoms with Crippen molar-refractivity contribution in [3.8, 4) is 0 Å². The molecule has 0 radical (unpaired) electrons. The summed E-state index contributed by atoms with van der Waals surface area (Å²) in [4.78, 5) is 28.2. The Labute approximate surface area is 161 Å². The van der Waals surface area contributed by atoms with Crippen molar-refractivity contribution in [1.29, 1.82) is 0 Å². The molecule has 1 heterocycles. The van der Waals surface area contributed by atoms with E-state index in [4.69, 9.17) is 16.3 Å². The van der Waals surface area contributed by atoms with Gasteiger partial charge in [0.05, 0.1) is 0 Å². The molecule has 1 aliphatic rings. The first kappa shape index (κ1) is 20.6. The van der Waals surface area contributed by atoms with Gasteiger partial charge in [0.1, 0.15) is 5.60 Å². The SMILES string of the molecule is CC(C)(C)OC(=O)N1CCCN(C(=O)CCCc2ccc(Cl)cc2)CC1. The largest absolute Gasteiger partial charge is 0.444 e. The number of hydrogen-bond acceptors (Lipinski definition) is 3. The first-order valence-corrected chi connectivity index (χ1v) is 9.62. The molecule has 6 heteroatoms. The summed E-state index contributed by atoms with van der Waals surface area (Å²) in [5.41, 5.74) is 0.690. The molecular weight excluding hydrogens is 352 g/mol. The molecule has 0 N–H and O–H groups in total. The van der Waals surface area contributed by atoms with Gasteiger partial charge in [0, 0.05) is 37.6 Å². The van der Waals surface area contributed by atoms with Crippen molar-refractivity contribution in [2.45, 2.75) is 52.1 Å². The maximum absolute atomic E-state index is 12.5. The molecule has 1 aromatic rings. The third kappa shape index (κ3) is 6.87. The van der Waals surface area contributed by atoms with Crippen LogP contribution >= 0.6 is 11.6 Å². The van der Waals surface area contributed by atoms with Crippen molar-refractivity contribution >= 4 is 23.6 Å². The van der Waals surface area contributed by atoms with Crippen LogP contribution in [-0.4, -0.2) is 53.6 Å². The molecule has 0 bridgehead atoms. The predicted octanol–water partition coefficient (Wildman–Crippen LogP) is 4.13. The number of ether oxygens (including phenoxy) is 1. The average molecular weight is 381 g/mol. The summed E-state index contributed by atoms with van der Waals surface area (Å²) in [5, 5.41) is 0.726. The zero-order chi connectivity index (χ0) is 19.2. The summed E-state index contributed by atoms with van der Waals surface area (Å²) < 4.78 is 5.42. The Morgan fingerprint density at radius 2 is 1.65 bits per heavy atom. The molecule has 144 valence electrons. The van der Waals surface area contributed by atoms with E-state index in [-0.39, 0.29) is 12.0 Å². The first-order chi connectivity index (χ1) is 12.2. The fraction of sp³-hybridized carbons (Fsp3) is 0.600. The van der Waals surface area contributed by atoms with E-state index >= 15 is 0 Å². The molecule has 26 heavy (non-hydrogen) atoms. The minimum Gasteiger partial charge on any atom is -0.444 e. The number of aryl methyl sites for hydroxylation is 1. The van der Waals surface area contributed by atoms with Crippen LogP contribution in [0.2, 0.25) is 5.02 Å². The quantitative estimate of drug-likeness (QED) is 0.789. The van der Waals surface area contributed by atoms with Crippen LogP contribution in [0.5, 0.6) is 0 Å². The summed E-state index contributed by atoms with van der Waals surface area (Å²) in [7, 11) is 0. The number of carbonyl (C=O) groups is 2. The van der Waals surface area contributed by atoms with Crippen LogP contribution in [0.4, 0.5) is 4.79 Å². The Morgan fingerprint density at radius 3 is 2.31 bits per heavy atom. The number of benzene rings is 1. The van der Waals surface area contributed by atoms with Gasteiger partial charge in [-0.25, -0.2) is 4.79 Å². The van der Waals surface area contributed by atoms with Gasteiger partial charge in [-0.15, -0.1) is 0 Å². The zero-order valence-corrected chi connectivity index (χ0v) is 16.7. The number of rotatable bonds is 4. The molecule has 1 aromatic carbocycles. The monoisotopic (exact) mass is 380 g/mol. The molecule has 0 aromatic heterocycles. The van der Waals surface area contributed by atoms with Crippen LogP contribution < -0.4 is 0 Å². The molecule has 0 atom stereocenters. The lowest BCUT2D eigenvalue weighted by Crippen LogP contribution is -2.40. The van der Waals surface area contributed by atoms with E-state index in [0.717, 1.165) is 24.3 Å². The second-order valence-corrected chi connectivity index (χ2v) is 8.12. The second-order valence-electron chi connectivity index (χ2n) is 7.68. The highest BCUT2D eigenvalue weighted by molar-refractivity contribution is 6.30. The minimum absolute atomic E-state index is 0.157. The number of halogens is 1. The number of hydrogen-bond donors (Lipinski definition) is 0. The average Bonchev–Trinajstić information content (AvgIpc) is 2.81. The van der Waals surface area contributed by atoms with Gasteiger partial charge in [0.2, 0.25) is 5.91 Å². The van der Waals surface area contributed by atoms with Crippen molar-refractivity contribution in [2.24, 2.45) is 0 Å². The Balaban J connectivity index is 1.76. The van der Waals surface area contributed by atoms with Gasteiger partial charge in [-0.1, -0.05) is 23.7 Å². The van der Waals surface area contributed by atoms with E-state index in [1.54, 1.807) is 4.90 Å². The van der Waals surface area contributed by atoms with Gasteiger partial charge in [-0.3, -0.25) is 4.79 Å². The first-order valence-electron chi connectivity index (χ1n) is 9.25. The molecule has 1 fully saturated rings. The van der Waals surface area contributed by atoms with Crippen LogP contribution in [0, 0.1) is 0 Å². The smallest absolute Gasteiger partial charge is 0.410 e. The van der Waals surface area contributed by atoms with Crippen molar-refractivity contribution in [2.75, 3.05) is 26.2 Å². The molecule has 2 rings (SSSR count). The molecule has 1 saturated heterocycles. The highest BCUT2D eigenvalue weighted by Crippen LogP contribution is 2.14. The molecule has 2 amide bonds. The van der Waals surface area contributed by atoms with Gasteiger partial charge in [0.25, 0.3) is 0 Å². The van der Waals surface area contributed by atoms with Gasteiger partial charge in [0.15, 0.2) is 0 Å². The maximum Gasteiger partial charge on any atom is 0.410 e. The van der Waals surface area contributed by atoms with Gasteiger partial charge < -0.3 is 14.5 Å². The van der Waals surface area contributed by atoms with E-state index in [0.29, 0.717) is 32.6 Å². The van der Waals surface area contributed by atoms with E-state index in [1.807, 2.05) is 49.9 Å². The second kappa shape index (κ2) is 9.26. The topological polar surface area (TPSA) is 49.9 Å². The molecule has 0 unspecified atom stereocenters. The summed E-state index contributed by atoms with van der Waals surface area (Å²) in [6.45, 7) is 8.00. The van der Waals surface area contributed by atoms with E-state index < -0.39 is 5.60 Å². The number of amides is 2. The fourth-order valence-electron chi connectivity index (χ4n) is 2.93. The van der Waals surface area contributed by atoms with Crippen molar-refractivity contribution in [3.05, 3.63) is 34.9 Å². The van der Waals surface area contributed by atoms with Crippen molar-refractivity contribution in [1.82, 2.24) is 9.80 Å². The molecule has 0 spiro atoms. The van der Waals surface area contributed by atoms with E-state index in [1.165, 1.54) is 5.56 Å². The van der Waals surface area contributed by atoms with Gasteiger partial charge in [-0.05, 0) is 57.7 Å². The fourth-order valence-corrected chi connectivity index (χ4v) is 3.05. The van der Waals surface area contributed by atoms with Crippen LogP contribution in [0.25, 0.3) is 0 Å². The molecule has 0 saturated carbocycles. The van der Waals surface area contributed by atoms with Gasteiger partial charge >= 0.3 is 6.09 Å². The van der Waals surface area contributed by atoms with Crippen LogP contribution in [0.3, 0.4) is 0 Å². The molecule has 1 aliphatic heterocycles. The van der Waals surface area contributed by atoms with E-state index in [9.17, 15) is 9.59 Å². The third-order valence-corrected chi connectivity index (χ3v) is 4.52. The van der Waals surface area contributed by atoms with Crippen molar-refractivity contribution in [3.63, 3.8) is 0 Å². The lowest BCUT2D eigenvalue weighted by molar-refractivity contribution is -0.131. The Kier molecular flexibility index (Phi) is 7.33.